The number of nitrogens with one attached hydrogen (secondary N) is 2. The van der Waals surface area contributed by atoms with Crippen LogP contribution in [-0.4, -0.2) is 66.7 Å². The number of carboxylic acid groups (broad SMARTS) is 1. The zero-order chi connectivity index (χ0) is 26.0. The third-order valence-electron chi connectivity index (χ3n) is 5.69. The Balaban J connectivity index is 1.73. The standard InChI is InChI=1S/C27H34N2O7/c1-27(2)35-18-21(36-27)17-34-26(33)23(16-20-11-7-4-8-12-20)29-22(15-19-9-5-3-6-10-19)25(32)28-14-13-24(30)31/h3-12,21-23,29H,13-18H2,1-2H3,(H,28,32)(H,30,31)/t21-,22+,23?/m1/s1. The summed E-state index contributed by atoms with van der Waals surface area (Å²) in [4.78, 5) is 37.1. The summed E-state index contributed by atoms with van der Waals surface area (Å²) in [5.74, 6) is -2.63. The summed E-state index contributed by atoms with van der Waals surface area (Å²) in [7, 11) is 0. The van der Waals surface area contributed by atoms with E-state index in [0.29, 0.717) is 19.4 Å². The minimum Gasteiger partial charge on any atom is -0.481 e. The number of carboxylic acids is 1. The first-order chi connectivity index (χ1) is 17.2. The van der Waals surface area contributed by atoms with Gasteiger partial charge in [0.25, 0.3) is 0 Å². The molecule has 1 aliphatic heterocycles. The van der Waals surface area contributed by atoms with Crippen LogP contribution in [0.15, 0.2) is 60.7 Å². The molecule has 0 aliphatic carbocycles. The summed E-state index contributed by atoms with van der Waals surface area (Å²) < 4.78 is 16.8. The van der Waals surface area contributed by atoms with Crippen molar-refractivity contribution in [2.75, 3.05) is 19.8 Å². The largest absolute Gasteiger partial charge is 0.481 e. The van der Waals surface area contributed by atoms with E-state index in [1.54, 1.807) is 13.8 Å². The molecule has 0 spiro atoms. The van der Waals surface area contributed by atoms with Gasteiger partial charge in [-0.15, -0.1) is 0 Å². The van der Waals surface area contributed by atoms with Gasteiger partial charge in [-0.25, -0.2) is 0 Å². The molecule has 1 fully saturated rings. The molecule has 0 aromatic heterocycles. The molecule has 3 atom stereocenters. The average Bonchev–Trinajstić information content (AvgIpc) is 3.21. The molecule has 0 radical (unpaired) electrons. The summed E-state index contributed by atoms with van der Waals surface area (Å²) in [5, 5.41) is 14.7. The van der Waals surface area contributed by atoms with Crippen LogP contribution in [-0.2, 0) is 41.4 Å². The van der Waals surface area contributed by atoms with Crippen molar-refractivity contribution in [2.24, 2.45) is 0 Å². The molecular formula is C27H34N2O7. The minimum absolute atomic E-state index is 0.0102. The summed E-state index contributed by atoms with van der Waals surface area (Å²) in [6.07, 6.45) is 0.0484. The number of benzene rings is 2. The summed E-state index contributed by atoms with van der Waals surface area (Å²) in [6, 6.07) is 17.2. The molecule has 3 N–H and O–H groups in total. The maximum Gasteiger partial charge on any atom is 0.323 e. The van der Waals surface area contributed by atoms with E-state index in [1.165, 1.54) is 0 Å². The SMILES string of the molecule is CC1(C)OC[C@@H](COC(=O)C(Cc2ccccc2)N[C@@H](Cc2ccccc2)C(=O)NCCC(=O)O)O1. The highest BCUT2D eigenvalue weighted by Crippen LogP contribution is 2.22. The molecule has 0 bridgehead atoms. The highest BCUT2D eigenvalue weighted by Gasteiger charge is 2.34. The van der Waals surface area contributed by atoms with Crippen LogP contribution in [0.5, 0.6) is 0 Å². The molecule has 1 aliphatic rings. The number of amides is 1. The topological polar surface area (TPSA) is 123 Å². The fourth-order valence-corrected chi connectivity index (χ4v) is 3.92. The lowest BCUT2D eigenvalue weighted by Gasteiger charge is -2.25. The highest BCUT2D eigenvalue weighted by atomic mass is 16.7. The predicted octanol–water partition coefficient (Wildman–Crippen LogP) is 2.08. The first-order valence-electron chi connectivity index (χ1n) is 12.0. The Bertz CT molecular complexity index is 998. The summed E-state index contributed by atoms with van der Waals surface area (Å²) in [6.45, 7) is 3.93. The van der Waals surface area contributed by atoms with Crippen molar-refractivity contribution < 1.29 is 33.7 Å². The molecule has 1 unspecified atom stereocenters. The van der Waals surface area contributed by atoms with E-state index in [-0.39, 0.29) is 31.6 Å². The molecule has 36 heavy (non-hydrogen) atoms. The van der Waals surface area contributed by atoms with Crippen LogP contribution < -0.4 is 10.6 Å². The van der Waals surface area contributed by atoms with Crippen molar-refractivity contribution in [3.05, 3.63) is 71.8 Å². The van der Waals surface area contributed by atoms with Gasteiger partial charge < -0.3 is 24.6 Å². The van der Waals surface area contributed by atoms with E-state index in [1.807, 2.05) is 60.7 Å². The highest BCUT2D eigenvalue weighted by molar-refractivity contribution is 5.84. The Morgan fingerprint density at radius 2 is 1.58 bits per heavy atom. The van der Waals surface area contributed by atoms with Crippen molar-refractivity contribution in [3.63, 3.8) is 0 Å². The van der Waals surface area contributed by atoms with Crippen LogP contribution in [0.3, 0.4) is 0 Å². The molecule has 1 heterocycles. The molecular weight excluding hydrogens is 464 g/mol. The number of carbonyl (C=O) groups excluding carboxylic acids is 2. The van der Waals surface area contributed by atoms with Crippen molar-refractivity contribution >= 4 is 17.8 Å². The van der Waals surface area contributed by atoms with Gasteiger partial charge in [0, 0.05) is 6.54 Å². The van der Waals surface area contributed by atoms with E-state index in [4.69, 9.17) is 19.3 Å². The number of esters is 1. The van der Waals surface area contributed by atoms with E-state index < -0.39 is 29.8 Å². The second-order valence-corrected chi connectivity index (χ2v) is 9.17. The van der Waals surface area contributed by atoms with Crippen LogP contribution in [0.25, 0.3) is 0 Å². The van der Waals surface area contributed by atoms with Crippen LogP contribution in [0.1, 0.15) is 31.4 Å². The normalized spacial score (nSPS) is 18.2. The van der Waals surface area contributed by atoms with Crippen LogP contribution in [0.2, 0.25) is 0 Å². The monoisotopic (exact) mass is 498 g/mol. The predicted molar refractivity (Wildman–Crippen MR) is 132 cm³/mol. The molecule has 2 aromatic rings. The summed E-state index contributed by atoms with van der Waals surface area (Å²) >= 11 is 0. The van der Waals surface area contributed by atoms with Crippen LogP contribution in [0.4, 0.5) is 0 Å². The van der Waals surface area contributed by atoms with Gasteiger partial charge in [-0.3, -0.25) is 19.7 Å². The van der Waals surface area contributed by atoms with Gasteiger partial charge in [0.1, 0.15) is 18.8 Å². The molecule has 3 rings (SSSR count). The van der Waals surface area contributed by atoms with Crippen molar-refractivity contribution in [1.29, 1.82) is 0 Å². The van der Waals surface area contributed by atoms with Gasteiger partial charge in [0.05, 0.1) is 19.1 Å². The molecule has 2 aromatic carbocycles. The number of hydrogen-bond donors (Lipinski definition) is 3. The number of ether oxygens (including phenoxy) is 3. The maximum atomic E-state index is 13.2. The van der Waals surface area contributed by atoms with Gasteiger partial charge in [-0.2, -0.15) is 0 Å². The fourth-order valence-electron chi connectivity index (χ4n) is 3.92. The number of rotatable bonds is 13. The first-order valence-corrected chi connectivity index (χ1v) is 12.0. The number of hydrogen-bond acceptors (Lipinski definition) is 7. The van der Waals surface area contributed by atoms with E-state index in [0.717, 1.165) is 11.1 Å². The van der Waals surface area contributed by atoms with E-state index >= 15 is 0 Å². The molecule has 9 nitrogen and oxygen atoms in total. The Morgan fingerprint density at radius 3 is 2.11 bits per heavy atom. The minimum atomic E-state index is -1.00. The van der Waals surface area contributed by atoms with Gasteiger partial charge in [0.15, 0.2) is 5.79 Å². The van der Waals surface area contributed by atoms with Gasteiger partial charge in [-0.05, 0) is 37.8 Å². The Kier molecular flexibility index (Phi) is 9.98. The smallest absolute Gasteiger partial charge is 0.323 e. The second kappa shape index (κ2) is 13.2. The molecule has 0 saturated carbocycles. The lowest BCUT2D eigenvalue weighted by Crippen LogP contribution is -2.53. The van der Waals surface area contributed by atoms with Crippen LogP contribution >= 0.6 is 0 Å². The molecule has 194 valence electrons. The zero-order valence-corrected chi connectivity index (χ0v) is 20.6. The van der Waals surface area contributed by atoms with Gasteiger partial charge in [-0.1, -0.05) is 60.7 Å². The van der Waals surface area contributed by atoms with Crippen LogP contribution in [0, 0.1) is 0 Å². The lowest BCUT2D eigenvalue weighted by molar-refractivity contribution is -0.160. The van der Waals surface area contributed by atoms with E-state index in [9.17, 15) is 14.4 Å². The Morgan fingerprint density at radius 1 is 1.00 bits per heavy atom. The first kappa shape index (κ1) is 27.3. The van der Waals surface area contributed by atoms with Crippen molar-refractivity contribution in [3.8, 4) is 0 Å². The second-order valence-electron chi connectivity index (χ2n) is 9.17. The Hall–Kier alpha value is -3.27. The quantitative estimate of drug-likeness (QED) is 0.359. The molecule has 1 saturated heterocycles. The fraction of sp³-hybridized carbons (Fsp3) is 0.444. The lowest BCUT2D eigenvalue weighted by atomic mass is 10.0. The van der Waals surface area contributed by atoms with E-state index in [2.05, 4.69) is 10.6 Å². The third-order valence-corrected chi connectivity index (χ3v) is 5.69. The van der Waals surface area contributed by atoms with Gasteiger partial charge >= 0.3 is 11.9 Å². The maximum absolute atomic E-state index is 13.2. The summed E-state index contributed by atoms with van der Waals surface area (Å²) in [5.41, 5.74) is 1.80. The molecule has 9 heteroatoms. The number of aliphatic carboxylic acids is 1. The number of carbonyl (C=O) groups is 3. The average molecular weight is 499 g/mol. The van der Waals surface area contributed by atoms with Crippen molar-refractivity contribution in [1.82, 2.24) is 10.6 Å². The van der Waals surface area contributed by atoms with Crippen molar-refractivity contribution in [2.45, 2.75) is 57.1 Å². The Labute approximate surface area is 211 Å². The molecule has 1 amide bonds. The third kappa shape index (κ3) is 9.07. The zero-order valence-electron chi connectivity index (χ0n) is 20.6. The van der Waals surface area contributed by atoms with Gasteiger partial charge in [0.2, 0.25) is 5.91 Å².